The predicted molar refractivity (Wildman–Crippen MR) is 69.2 cm³/mol. The van der Waals surface area contributed by atoms with E-state index in [1.54, 1.807) is 31.2 Å². The zero-order chi connectivity index (χ0) is 13.8. The first-order chi connectivity index (χ1) is 9.08. The Morgan fingerprint density at radius 1 is 1.32 bits per heavy atom. The van der Waals surface area contributed by atoms with Gasteiger partial charge in [0.05, 0.1) is 12.3 Å². The molecule has 0 radical (unpaired) electrons. The minimum atomic E-state index is -0.697. The summed E-state index contributed by atoms with van der Waals surface area (Å²) < 4.78 is 12.7. The number of anilines is 1. The highest BCUT2D eigenvalue weighted by atomic mass is 19.1. The molecule has 0 aliphatic carbocycles. The Morgan fingerprint density at radius 2 is 2.05 bits per heavy atom. The predicted octanol–water partition coefficient (Wildman–Crippen LogP) is 2.53. The third-order valence-electron chi connectivity index (χ3n) is 2.62. The molecular weight excluding hydrogens is 247 g/mol. The normalized spacial score (nSPS) is 11.9. The van der Waals surface area contributed by atoms with Crippen LogP contribution in [-0.2, 0) is 0 Å². The van der Waals surface area contributed by atoms with Crippen molar-refractivity contribution >= 4 is 11.6 Å². The van der Waals surface area contributed by atoms with Crippen molar-refractivity contribution < 1.29 is 14.3 Å². The molecule has 2 rings (SSSR count). The fourth-order valence-corrected chi connectivity index (χ4v) is 1.67. The number of hydrogen-bond acceptors (Lipinski definition) is 3. The van der Waals surface area contributed by atoms with Crippen LogP contribution in [0.3, 0.4) is 0 Å². The van der Waals surface area contributed by atoms with E-state index in [1.807, 2.05) is 0 Å². The number of para-hydroxylation sites is 1. The van der Waals surface area contributed by atoms with Crippen molar-refractivity contribution in [2.45, 2.75) is 13.0 Å². The molecule has 0 aliphatic rings. The number of pyridine rings is 1. The summed E-state index contributed by atoms with van der Waals surface area (Å²) in [7, 11) is 0. The minimum absolute atomic E-state index is 0.113. The molecule has 2 N–H and O–H groups in total. The first-order valence-electron chi connectivity index (χ1n) is 5.78. The van der Waals surface area contributed by atoms with Gasteiger partial charge in [-0.1, -0.05) is 18.2 Å². The molecule has 5 heteroatoms. The number of rotatable bonds is 3. The quantitative estimate of drug-likeness (QED) is 0.891. The molecule has 0 bridgehead atoms. The van der Waals surface area contributed by atoms with Gasteiger partial charge >= 0.3 is 0 Å². The molecule has 98 valence electrons. The average Bonchev–Trinajstić information content (AvgIpc) is 2.39. The summed E-state index contributed by atoms with van der Waals surface area (Å²) in [6.45, 7) is 1.61. The van der Waals surface area contributed by atoms with Crippen molar-refractivity contribution in [1.82, 2.24) is 4.98 Å². The largest absolute Gasteiger partial charge is 0.389 e. The van der Waals surface area contributed by atoms with Gasteiger partial charge in [0.15, 0.2) is 0 Å². The van der Waals surface area contributed by atoms with E-state index in [9.17, 15) is 14.3 Å². The summed E-state index contributed by atoms with van der Waals surface area (Å²) >= 11 is 0. The van der Waals surface area contributed by atoms with Gasteiger partial charge in [0.25, 0.3) is 5.91 Å². The van der Waals surface area contributed by atoms with E-state index in [2.05, 4.69) is 10.3 Å². The third-order valence-corrected chi connectivity index (χ3v) is 2.62. The zero-order valence-corrected chi connectivity index (χ0v) is 10.3. The fraction of sp³-hybridized carbons (Fsp3) is 0.143. The highest BCUT2D eigenvalue weighted by Crippen LogP contribution is 2.22. The van der Waals surface area contributed by atoms with Crippen LogP contribution in [0.15, 0.2) is 42.6 Å². The van der Waals surface area contributed by atoms with Crippen LogP contribution in [0.5, 0.6) is 0 Å². The van der Waals surface area contributed by atoms with Crippen LogP contribution < -0.4 is 5.32 Å². The van der Waals surface area contributed by atoms with Crippen LogP contribution in [0.2, 0.25) is 0 Å². The van der Waals surface area contributed by atoms with E-state index < -0.39 is 17.8 Å². The third kappa shape index (κ3) is 3.14. The van der Waals surface area contributed by atoms with Crippen molar-refractivity contribution in [3.8, 4) is 0 Å². The van der Waals surface area contributed by atoms with Crippen LogP contribution in [0.1, 0.15) is 29.1 Å². The van der Waals surface area contributed by atoms with Crippen molar-refractivity contribution in [3.05, 3.63) is 59.7 Å². The van der Waals surface area contributed by atoms with Gasteiger partial charge < -0.3 is 10.4 Å². The van der Waals surface area contributed by atoms with Gasteiger partial charge in [-0.3, -0.25) is 4.79 Å². The van der Waals surface area contributed by atoms with E-state index in [-0.39, 0.29) is 5.69 Å². The first kappa shape index (κ1) is 13.2. The number of amides is 1. The number of aromatic nitrogens is 1. The number of carbonyl (C=O) groups is 1. The van der Waals surface area contributed by atoms with Gasteiger partial charge in [-0.2, -0.15) is 0 Å². The Balaban J connectivity index is 2.22. The number of halogens is 1. The van der Waals surface area contributed by atoms with Gasteiger partial charge in [-0.25, -0.2) is 9.37 Å². The van der Waals surface area contributed by atoms with Gasteiger partial charge in [-0.15, -0.1) is 0 Å². The van der Waals surface area contributed by atoms with Crippen molar-refractivity contribution in [2.75, 3.05) is 5.32 Å². The van der Waals surface area contributed by atoms with Crippen molar-refractivity contribution in [3.63, 3.8) is 0 Å². The van der Waals surface area contributed by atoms with E-state index in [0.717, 1.165) is 6.20 Å². The molecule has 1 unspecified atom stereocenters. The van der Waals surface area contributed by atoms with E-state index >= 15 is 0 Å². The smallest absolute Gasteiger partial charge is 0.274 e. The molecule has 1 heterocycles. The standard InChI is InChI=1S/C14H13FN2O2/c1-9(18)11-4-2-3-5-12(11)17-14(19)13-7-6-10(15)8-16-13/h2-9,18H,1H3,(H,17,19). The van der Waals surface area contributed by atoms with Crippen LogP contribution >= 0.6 is 0 Å². The zero-order valence-electron chi connectivity index (χ0n) is 10.3. The summed E-state index contributed by atoms with van der Waals surface area (Å²) in [6, 6.07) is 9.40. The Morgan fingerprint density at radius 3 is 2.68 bits per heavy atom. The summed E-state index contributed by atoms with van der Waals surface area (Å²) in [5.74, 6) is -0.950. The lowest BCUT2D eigenvalue weighted by Gasteiger charge is -2.12. The summed E-state index contributed by atoms with van der Waals surface area (Å²) in [5.41, 5.74) is 1.23. The van der Waals surface area contributed by atoms with Crippen LogP contribution in [-0.4, -0.2) is 16.0 Å². The lowest BCUT2D eigenvalue weighted by atomic mass is 10.1. The number of nitrogens with zero attached hydrogens (tertiary/aromatic N) is 1. The highest BCUT2D eigenvalue weighted by molar-refractivity contribution is 6.03. The lowest BCUT2D eigenvalue weighted by molar-refractivity contribution is 0.102. The minimum Gasteiger partial charge on any atom is -0.389 e. The number of aliphatic hydroxyl groups excluding tert-OH is 1. The van der Waals surface area contributed by atoms with Gasteiger partial charge in [-0.05, 0) is 25.1 Å². The first-order valence-corrected chi connectivity index (χ1v) is 5.78. The average molecular weight is 260 g/mol. The second-order valence-corrected chi connectivity index (χ2v) is 4.08. The molecule has 1 aromatic heterocycles. The Kier molecular flexibility index (Phi) is 3.87. The Bertz CT molecular complexity index is 582. The molecule has 0 fully saturated rings. The number of hydrogen-bond donors (Lipinski definition) is 2. The molecule has 4 nitrogen and oxygen atoms in total. The maximum atomic E-state index is 12.7. The molecule has 1 amide bonds. The Labute approximate surface area is 109 Å². The summed E-state index contributed by atoms with van der Waals surface area (Å²) in [6.07, 6.45) is 0.285. The molecule has 2 aromatic rings. The van der Waals surface area contributed by atoms with Crippen LogP contribution in [0.4, 0.5) is 10.1 Å². The number of carbonyl (C=O) groups excluding carboxylic acids is 1. The van der Waals surface area contributed by atoms with Gasteiger partial charge in [0, 0.05) is 11.3 Å². The molecule has 1 atom stereocenters. The molecule has 19 heavy (non-hydrogen) atoms. The summed E-state index contributed by atoms with van der Waals surface area (Å²) in [4.78, 5) is 15.6. The number of aliphatic hydroxyl groups is 1. The van der Waals surface area contributed by atoms with Crippen LogP contribution in [0, 0.1) is 5.82 Å². The van der Waals surface area contributed by atoms with Crippen LogP contribution in [0.25, 0.3) is 0 Å². The molecule has 1 aromatic carbocycles. The van der Waals surface area contributed by atoms with E-state index in [0.29, 0.717) is 11.3 Å². The van der Waals surface area contributed by atoms with E-state index in [1.165, 1.54) is 12.1 Å². The second kappa shape index (κ2) is 5.58. The van der Waals surface area contributed by atoms with Gasteiger partial charge in [0.2, 0.25) is 0 Å². The maximum absolute atomic E-state index is 12.7. The highest BCUT2D eigenvalue weighted by Gasteiger charge is 2.12. The fourth-order valence-electron chi connectivity index (χ4n) is 1.67. The number of benzene rings is 1. The second-order valence-electron chi connectivity index (χ2n) is 4.08. The topological polar surface area (TPSA) is 62.2 Å². The SMILES string of the molecule is CC(O)c1ccccc1NC(=O)c1ccc(F)cn1. The molecule has 0 spiro atoms. The lowest BCUT2D eigenvalue weighted by Crippen LogP contribution is -2.15. The maximum Gasteiger partial charge on any atom is 0.274 e. The number of nitrogens with one attached hydrogen (secondary N) is 1. The monoisotopic (exact) mass is 260 g/mol. The van der Waals surface area contributed by atoms with Gasteiger partial charge in [0.1, 0.15) is 11.5 Å². The molecule has 0 saturated carbocycles. The molecule has 0 aliphatic heterocycles. The molecular formula is C14H13FN2O2. The van der Waals surface area contributed by atoms with Crippen molar-refractivity contribution in [1.29, 1.82) is 0 Å². The van der Waals surface area contributed by atoms with E-state index in [4.69, 9.17) is 0 Å². The molecule has 0 saturated heterocycles. The van der Waals surface area contributed by atoms with Crippen molar-refractivity contribution in [2.24, 2.45) is 0 Å². The summed E-state index contributed by atoms with van der Waals surface area (Å²) in [5, 5.41) is 12.3. The Hall–Kier alpha value is -2.27.